The number of halogens is 2. The van der Waals surface area contributed by atoms with Crippen molar-refractivity contribution >= 4 is 48.5 Å². The molecule has 1 aromatic rings. The van der Waals surface area contributed by atoms with Gasteiger partial charge in [-0.2, -0.15) is 0 Å². The molecule has 1 aromatic heterocycles. The minimum atomic E-state index is -3.50. The summed E-state index contributed by atoms with van der Waals surface area (Å²) in [6.07, 6.45) is 0. The average Bonchev–Trinajstić information content (AvgIpc) is 2.43. The van der Waals surface area contributed by atoms with Gasteiger partial charge in [0.25, 0.3) is 10.0 Å². The molecule has 80 valence electrons. The van der Waals surface area contributed by atoms with Gasteiger partial charge in [0.15, 0.2) is 4.60 Å². The molecule has 0 aliphatic heterocycles. The fourth-order valence-electron chi connectivity index (χ4n) is 0.849. The summed E-state index contributed by atoms with van der Waals surface area (Å²) in [5.74, 6) is 0. The van der Waals surface area contributed by atoms with Gasteiger partial charge >= 0.3 is 0 Å². The maximum Gasteiger partial charge on any atom is 0.260 e. The van der Waals surface area contributed by atoms with E-state index in [1.165, 1.54) is 11.7 Å². The highest BCUT2D eigenvalue weighted by Gasteiger charge is 2.22. The predicted molar refractivity (Wildman–Crippen MR) is 62.8 cm³/mol. The van der Waals surface area contributed by atoms with E-state index in [1.54, 1.807) is 0 Å². The van der Waals surface area contributed by atoms with Gasteiger partial charge < -0.3 is 0 Å². The molecule has 0 saturated heterocycles. The first-order valence-corrected chi connectivity index (χ1v) is 7.40. The molecule has 0 aliphatic carbocycles. The Morgan fingerprint density at radius 3 is 2.71 bits per heavy atom. The van der Waals surface area contributed by atoms with Gasteiger partial charge in [0.1, 0.15) is 0 Å². The van der Waals surface area contributed by atoms with E-state index < -0.39 is 10.0 Å². The first-order valence-electron chi connectivity index (χ1n) is 3.60. The highest BCUT2D eigenvalue weighted by Crippen LogP contribution is 2.17. The molecule has 1 N–H and O–H groups in total. The van der Waals surface area contributed by atoms with Crippen molar-refractivity contribution in [3.05, 3.63) is 4.60 Å². The monoisotopic (exact) mass is 394 g/mol. The minimum Gasteiger partial charge on any atom is -0.235 e. The first kappa shape index (κ1) is 12.3. The van der Waals surface area contributed by atoms with Crippen LogP contribution in [0.2, 0.25) is 0 Å². The van der Waals surface area contributed by atoms with Crippen LogP contribution in [0.4, 0.5) is 0 Å². The molecule has 0 atom stereocenters. The van der Waals surface area contributed by atoms with Crippen molar-refractivity contribution in [2.75, 3.05) is 11.0 Å². The summed E-state index contributed by atoms with van der Waals surface area (Å²) in [6, 6.07) is 0. The number of hydrogen-bond donors (Lipinski definition) is 1. The molecule has 9 heteroatoms. The Balaban J connectivity index is 3.04. The molecule has 14 heavy (non-hydrogen) atoms. The number of sulfonamides is 1. The lowest BCUT2D eigenvalue weighted by Gasteiger charge is -2.04. The maximum absolute atomic E-state index is 11.6. The lowest BCUT2D eigenvalue weighted by Crippen LogP contribution is -2.27. The van der Waals surface area contributed by atoms with Crippen LogP contribution in [0, 0.1) is 0 Å². The van der Waals surface area contributed by atoms with Crippen LogP contribution in [0.3, 0.4) is 0 Å². The van der Waals surface area contributed by atoms with Crippen LogP contribution in [0.15, 0.2) is 9.63 Å². The largest absolute Gasteiger partial charge is 0.260 e. The normalized spacial score (nSPS) is 11.9. The number of rotatable bonds is 4. The number of aromatic nitrogens is 3. The fourth-order valence-corrected chi connectivity index (χ4v) is 3.61. The third-order valence-corrected chi connectivity index (χ3v) is 4.27. The summed E-state index contributed by atoms with van der Waals surface area (Å²) in [6.45, 7) is 0.389. The van der Waals surface area contributed by atoms with E-state index in [1.807, 2.05) is 0 Å². The van der Waals surface area contributed by atoms with Gasteiger partial charge in [-0.05, 0) is 15.9 Å². The van der Waals surface area contributed by atoms with Crippen LogP contribution in [0.5, 0.6) is 0 Å². The van der Waals surface area contributed by atoms with Crippen LogP contribution in [-0.2, 0) is 17.1 Å². The van der Waals surface area contributed by atoms with Crippen molar-refractivity contribution in [3.8, 4) is 0 Å². The lowest BCUT2D eigenvalue weighted by atomic mass is 10.8. The van der Waals surface area contributed by atoms with E-state index in [2.05, 4.69) is 53.6 Å². The summed E-state index contributed by atoms with van der Waals surface area (Å²) in [5, 5.41) is 7.23. The Morgan fingerprint density at radius 2 is 2.29 bits per heavy atom. The second-order valence-corrected chi connectivity index (χ2v) is 5.91. The minimum absolute atomic E-state index is 0.0438. The van der Waals surface area contributed by atoms with E-state index in [0.717, 1.165) is 0 Å². The van der Waals surface area contributed by atoms with Crippen molar-refractivity contribution in [3.63, 3.8) is 0 Å². The molecule has 0 bridgehead atoms. The molecule has 0 spiro atoms. The maximum atomic E-state index is 11.6. The number of hydrogen-bond acceptors (Lipinski definition) is 4. The van der Waals surface area contributed by atoms with Crippen molar-refractivity contribution in [1.29, 1.82) is 0 Å². The molecule has 0 aliphatic rings. The average molecular weight is 395 g/mol. The van der Waals surface area contributed by atoms with Gasteiger partial charge in [-0.3, -0.25) is 0 Å². The molecule has 0 fully saturated rings. The number of nitrogens with one attached hydrogen (secondary N) is 1. The summed E-state index contributed by atoms with van der Waals surface area (Å²) in [7, 11) is -1.98. The van der Waals surface area contributed by atoms with Gasteiger partial charge in [-0.1, -0.05) is 27.8 Å². The molecule has 0 unspecified atom stereocenters. The summed E-state index contributed by atoms with van der Waals surface area (Å²) >= 11 is 5.12. The summed E-state index contributed by atoms with van der Waals surface area (Å²) < 4.78 is 27.9. The Bertz CT molecular complexity index is 398. The second kappa shape index (κ2) is 4.86. The molecule has 1 heterocycles. The van der Waals surface area contributed by atoms with Gasteiger partial charge in [0.05, 0.1) is 0 Å². The standard InChI is InChI=1S/C5H8BrIN4O2S/c1-11-5(4(6)9-10-11)14(12,13)8-3-2-7/h8H,2-3H2,1H3. The Hall–Kier alpha value is 0.260. The molecule has 0 amide bonds. The predicted octanol–water partition coefficient (Wildman–Crippen LogP) is 0.291. The van der Waals surface area contributed by atoms with Gasteiger partial charge in [0.2, 0.25) is 5.03 Å². The molecule has 0 saturated carbocycles. The topological polar surface area (TPSA) is 76.9 Å². The molecule has 1 rings (SSSR count). The highest BCUT2D eigenvalue weighted by molar-refractivity contribution is 14.1. The zero-order valence-corrected chi connectivity index (χ0v) is 11.8. The lowest BCUT2D eigenvalue weighted by molar-refractivity contribution is 0.563. The van der Waals surface area contributed by atoms with Crippen LogP contribution < -0.4 is 4.72 Å². The second-order valence-electron chi connectivity index (χ2n) is 2.40. The highest BCUT2D eigenvalue weighted by atomic mass is 127. The molecule has 0 aromatic carbocycles. The third-order valence-electron chi connectivity index (χ3n) is 1.38. The molecule has 6 nitrogen and oxygen atoms in total. The summed E-state index contributed by atoms with van der Waals surface area (Å²) in [4.78, 5) is 0. The van der Waals surface area contributed by atoms with Crippen LogP contribution in [0.1, 0.15) is 0 Å². The number of nitrogens with zero attached hydrogens (tertiary/aromatic N) is 3. The van der Waals surface area contributed by atoms with Crippen molar-refractivity contribution in [1.82, 2.24) is 19.7 Å². The van der Waals surface area contributed by atoms with E-state index in [4.69, 9.17) is 0 Å². The Kier molecular flexibility index (Phi) is 4.28. The molecular formula is C5H8BrIN4O2S. The van der Waals surface area contributed by atoms with Crippen LogP contribution >= 0.6 is 38.5 Å². The van der Waals surface area contributed by atoms with Gasteiger partial charge in [-0.15, -0.1) is 5.10 Å². The van der Waals surface area contributed by atoms with Gasteiger partial charge in [0, 0.05) is 18.0 Å². The molecule has 0 radical (unpaired) electrons. The SMILES string of the molecule is Cn1nnc(Br)c1S(=O)(=O)NCCI. The van der Waals surface area contributed by atoms with E-state index >= 15 is 0 Å². The van der Waals surface area contributed by atoms with E-state index in [9.17, 15) is 8.42 Å². The van der Waals surface area contributed by atoms with Crippen molar-refractivity contribution in [2.24, 2.45) is 7.05 Å². The van der Waals surface area contributed by atoms with Crippen molar-refractivity contribution < 1.29 is 8.42 Å². The van der Waals surface area contributed by atoms with Gasteiger partial charge in [-0.25, -0.2) is 17.8 Å². The first-order chi connectivity index (χ1) is 6.49. The molecular weight excluding hydrogens is 387 g/mol. The third kappa shape index (κ3) is 2.64. The van der Waals surface area contributed by atoms with Crippen LogP contribution in [0.25, 0.3) is 0 Å². The number of aryl methyl sites for hydroxylation is 1. The Labute approximate surface area is 104 Å². The fraction of sp³-hybridized carbons (Fsp3) is 0.600. The van der Waals surface area contributed by atoms with E-state index in [0.29, 0.717) is 11.0 Å². The summed E-state index contributed by atoms with van der Waals surface area (Å²) in [5.41, 5.74) is 0. The van der Waals surface area contributed by atoms with Crippen LogP contribution in [-0.4, -0.2) is 34.4 Å². The quantitative estimate of drug-likeness (QED) is 0.588. The zero-order valence-electron chi connectivity index (χ0n) is 7.24. The Morgan fingerprint density at radius 1 is 1.64 bits per heavy atom. The zero-order chi connectivity index (χ0) is 10.8. The number of alkyl halides is 1. The van der Waals surface area contributed by atoms with Crippen molar-refractivity contribution in [2.45, 2.75) is 5.03 Å². The van der Waals surface area contributed by atoms with E-state index in [-0.39, 0.29) is 9.63 Å². The smallest absolute Gasteiger partial charge is 0.235 e.